The van der Waals surface area contributed by atoms with Crippen LogP contribution in [0.1, 0.15) is 5.56 Å². The predicted molar refractivity (Wildman–Crippen MR) is 110 cm³/mol. The van der Waals surface area contributed by atoms with Crippen LogP contribution in [-0.4, -0.2) is 4.98 Å². The van der Waals surface area contributed by atoms with Crippen LogP contribution in [0.3, 0.4) is 0 Å². The molecule has 1 heterocycles. The third-order valence-corrected chi connectivity index (χ3v) is 4.60. The van der Waals surface area contributed by atoms with E-state index in [1.807, 2.05) is 48.5 Å². The number of nitrogens with two attached hydrogens (primary N) is 1. The lowest BCUT2D eigenvalue weighted by Gasteiger charge is -2.11. The number of benzene rings is 3. The van der Waals surface area contributed by atoms with Gasteiger partial charge in [0.1, 0.15) is 23.3 Å². The van der Waals surface area contributed by atoms with Crippen molar-refractivity contribution in [2.24, 2.45) is 0 Å². The molecule has 0 spiro atoms. The molecule has 1 aromatic heterocycles. The summed E-state index contributed by atoms with van der Waals surface area (Å²) >= 11 is 0. The predicted octanol–water partition coefficient (Wildman–Crippen LogP) is 5.68. The molecular formula is C24H16FN3. The van der Waals surface area contributed by atoms with Crippen molar-refractivity contribution >= 4 is 5.82 Å². The average Bonchev–Trinajstić information content (AvgIpc) is 2.74. The summed E-state index contributed by atoms with van der Waals surface area (Å²) in [6.07, 6.45) is 0. The summed E-state index contributed by atoms with van der Waals surface area (Å²) < 4.78 is 13.3. The van der Waals surface area contributed by atoms with Gasteiger partial charge in [-0.1, -0.05) is 66.7 Å². The van der Waals surface area contributed by atoms with Gasteiger partial charge >= 0.3 is 0 Å². The van der Waals surface area contributed by atoms with Crippen LogP contribution in [0.25, 0.3) is 33.5 Å². The molecule has 0 saturated heterocycles. The number of aromatic nitrogens is 1. The molecule has 4 heteroatoms. The van der Waals surface area contributed by atoms with Gasteiger partial charge in [-0.15, -0.1) is 0 Å². The summed E-state index contributed by atoms with van der Waals surface area (Å²) in [7, 11) is 0. The van der Waals surface area contributed by atoms with Gasteiger partial charge in [-0.25, -0.2) is 9.37 Å². The Kier molecular flexibility index (Phi) is 4.57. The summed E-state index contributed by atoms with van der Waals surface area (Å²) in [5.74, 6) is -0.174. The maximum absolute atomic E-state index is 13.3. The van der Waals surface area contributed by atoms with E-state index in [4.69, 9.17) is 5.73 Å². The van der Waals surface area contributed by atoms with E-state index >= 15 is 0 Å². The van der Waals surface area contributed by atoms with Gasteiger partial charge in [0, 0.05) is 11.1 Å². The van der Waals surface area contributed by atoms with Crippen molar-refractivity contribution in [3.8, 4) is 39.6 Å². The minimum atomic E-state index is -0.332. The van der Waals surface area contributed by atoms with E-state index < -0.39 is 0 Å². The van der Waals surface area contributed by atoms with E-state index in [0.29, 0.717) is 16.8 Å². The number of nitrogen functional groups attached to an aromatic ring is 1. The number of hydrogen-bond donors (Lipinski definition) is 1. The van der Waals surface area contributed by atoms with E-state index in [0.717, 1.165) is 16.7 Å². The van der Waals surface area contributed by atoms with Gasteiger partial charge in [-0.05, 0) is 34.9 Å². The van der Waals surface area contributed by atoms with Crippen LogP contribution in [-0.2, 0) is 0 Å². The highest BCUT2D eigenvalue weighted by atomic mass is 19.1. The first-order chi connectivity index (χ1) is 13.7. The first-order valence-electron chi connectivity index (χ1n) is 8.78. The first-order valence-corrected chi connectivity index (χ1v) is 8.78. The molecule has 0 fully saturated rings. The zero-order valence-electron chi connectivity index (χ0n) is 14.9. The van der Waals surface area contributed by atoms with E-state index in [1.165, 1.54) is 12.1 Å². The Bertz CT molecular complexity index is 1160. The molecule has 0 bridgehead atoms. The van der Waals surface area contributed by atoms with E-state index in [1.54, 1.807) is 12.1 Å². The topological polar surface area (TPSA) is 62.7 Å². The number of nitriles is 1. The van der Waals surface area contributed by atoms with Crippen LogP contribution in [0.2, 0.25) is 0 Å². The fraction of sp³-hybridized carbons (Fsp3) is 0. The van der Waals surface area contributed by atoms with Crippen molar-refractivity contribution in [1.29, 1.82) is 5.26 Å². The molecule has 0 amide bonds. The van der Waals surface area contributed by atoms with Crippen LogP contribution < -0.4 is 5.73 Å². The van der Waals surface area contributed by atoms with Crippen LogP contribution >= 0.6 is 0 Å². The molecule has 4 rings (SSSR count). The molecule has 0 aliphatic rings. The second-order valence-corrected chi connectivity index (χ2v) is 6.38. The SMILES string of the molecule is N#Cc1c(-c2ccc(F)cc2)cc(-c2ccc(-c3ccccc3)cc2)nc1N. The number of nitrogens with zero attached hydrogens (tertiary/aromatic N) is 2. The number of pyridine rings is 1. The van der Waals surface area contributed by atoms with Gasteiger partial charge in [0.15, 0.2) is 0 Å². The minimum Gasteiger partial charge on any atom is -0.383 e. The fourth-order valence-electron chi connectivity index (χ4n) is 3.15. The van der Waals surface area contributed by atoms with Gasteiger partial charge < -0.3 is 5.73 Å². The maximum atomic E-state index is 13.3. The largest absolute Gasteiger partial charge is 0.383 e. The molecule has 0 radical (unpaired) electrons. The normalized spacial score (nSPS) is 10.4. The second-order valence-electron chi connectivity index (χ2n) is 6.38. The highest BCUT2D eigenvalue weighted by molar-refractivity contribution is 5.80. The molecule has 134 valence electrons. The van der Waals surface area contributed by atoms with Crippen molar-refractivity contribution in [2.75, 3.05) is 5.73 Å². The lowest BCUT2D eigenvalue weighted by molar-refractivity contribution is 0.628. The van der Waals surface area contributed by atoms with Crippen molar-refractivity contribution in [3.63, 3.8) is 0 Å². The molecule has 0 saturated carbocycles. The van der Waals surface area contributed by atoms with Crippen LogP contribution in [0.4, 0.5) is 10.2 Å². The van der Waals surface area contributed by atoms with Gasteiger partial charge in [0.05, 0.1) is 5.69 Å². The summed E-state index contributed by atoms with van der Waals surface area (Å²) in [5, 5.41) is 9.50. The van der Waals surface area contributed by atoms with E-state index in [9.17, 15) is 9.65 Å². The van der Waals surface area contributed by atoms with Gasteiger partial charge in [0.25, 0.3) is 0 Å². The zero-order valence-corrected chi connectivity index (χ0v) is 14.9. The summed E-state index contributed by atoms with van der Waals surface area (Å²) in [4.78, 5) is 4.40. The third-order valence-electron chi connectivity index (χ3n) is 4.60. The highest BCUT2D eigenvalue weighted by Crippen LogP contribution is 2.32. The Morgan fingerprint density at radius 1 is 0.750 bits per heavy atom. The number of halogens is 1. The molecule has 4 aromatic rings. The lowest BCUT2D eigenvalue weighted by Crippen LogP contribution is -1.99. The Morgan fingerprint density at radius 2 is 1.32 bits per heavy atom. The Labute approximate surface area is 162 Å². The second kappa shape index (κ2) is 7.34. The summed E-state index contributed by atoms with van der Waals surface area (Å²) in [5.41, 5.74) is 11.5. The molecule has 0 atom stereocenters. The van der Waals surface area contributed by atoms with E-state index in [2.05, 4.69) is 23.2 Å². The van der Waals surface area contributed by atoms with Crippen molar-refractivity contribution in [2.45, 2.75) is 0 Å². The number of hydrogen-bond acceptors (Lipinski definition) is 3. The minimum absolute atomic E-state index is 0.159. The molecule has 0 aliphatic carbocycles. The molecule has 3 nitrogen and oxygen atoms in total. The van der Waals surface area contributed by atoms with Crippen molar-refractivity contribution < 1.29 is 4.39 Å². The summed E-state index contributed by atoms with van der Waals surface area (Å²) in [6.45, 7) is 0. The monoisotopic (exact) mass is 365 g/mol. The quantitative estimate of drug-likeness (QED) is 0.508. The molecule has 28 heavy (non-hydrogen) atoms. The van der Waals surface area contributed by atoms with Crippen molar-refractivity contribution in [1.82, 2.24) is 4.98 Å². The lowest BCUT2D eigenvalue weighted by atomic mass is 9.97. The maximum Gasteiger partial charge on any atom is 0.142 e. The molecular weight excluding hydrogens is 349 g/mol. The first kappa shape index (κ1) is 17.4. The molecule has 0 aliphatic heterocycles. The van der Waals surface area contributed by atoms with E-state index in [-0.39, 0.29) is 17.2 Å². The van der Waals surface area contributed by atoms with Crippen LogP contribution in [0, 0.1) is 17.1 Å². The molecule has 3 aromatic carbocycles. The molecule has 2 N–H and O–H groups in total. The average molecular weight is 365 g/mol. The Hall–Kier alpha value is -3.97. The molecule has 0 unspecified atom stereocenters. The van der Waals surface area contributed by atoms with Crippen LogP contribution in [0.15, 0.2) is 84.9 Å². The van der Waals surface area contributed by atoms with Gasteiger partial charge in [-0.3, -0.25) is 0 Å². The fourth-order valence-corrected chi connectivity index (χ4v) is 3.15. The Morgan fingerprint density at radius 3 is 1.96 bits per heavy atom. The number of rotatable bonds is 3. The number of anilines is 1. The standard InChI is InChI=1S/C24H16FN3/c25-20-12-10-18(11-13-20)21-14-23(28-24(27)22(21)15-26)19-8-6-17(7-9-19)16-4-2-1-3-5-16/h1-14H,(H2,27,28). The highest BCUT2D eigenvalue weighted by Gasteiger charge is 2.13. The zero-order chi connectivity index (χ0) is 19.5. The van der Waals surface area contributed by atoms with Crippen molar-refractivity contribution in [3.05, 3.63) is 96.3 Å². The van der Waals surface area contributed by atoms with Gasteiger partial charge in [-0.2, -0.15) is 5.26 Å². The third kappa shape index (κ3) is 3.34. The smallest absolute Gasteiger partial charge is 0.142 e. The van der Waals surface area contributed by atoms with Gasteiger partial charge in [0.2, 0.25) is 0 Å². The summed E-state index contributed by atoms with van der Waals surface area (Å²) in [6, 6.07) is 28.0. The van der Waals surface area contributed by atoms with Crippen LogP contribution in [0.5, 0.6) is 0 Å². The Balaban J connectivity index is 1.78.